The summed E-state index contributed by atoms with van der Waals surface area (Å²) in [5.74, 6) is 7.45. The lowest BCUT2D eigenvalue weighted by molar-refractivity contribution is -0.175. The second kappa shape index (κ2) is 6.65. The number of rotatable bonds is 6. The Kier molecular flexibility index (Phi) is 6.28. The highest BCUT2D eigenvalue weighted by Gasteiger charge is 2.27. The molecular formula is C8H13F3N2O. The molecule has 82 valence electrons. The van der Waals surface area contributed by atoms with Gasteiger partial charge in [0.1, 0.15) is 6.61 Å². The Hall–Kier alpha value is -0.770. The van der Waals surface area contributed by atoms with Gasteiger partial charge in [-0.05, 0) is 6.42 Å². The van der Waals surface area contributed by atoms with Crippen LogP contribution in [0.2, 0.25) is 0 Å². The Morgan fingerprint density at radius 2 is 2.14 bits per heavy atom. The lowest BCUT2D eigenvalue weighted by Gasteiger charge is -2.15. The Balaban J connectivity index is 3.58. The van der Waals surface area contributed by atoms with Crippen LogP contribution in [0.1, 0.15) is 12.8 Å². The highest BCUT2D eigenvalue weighted by atomic mass is 19.4. The minimum absolute atomic E-state index is 0.0995. The van der Waals surface area contributed by atoms with Crippen LogP contribution in [-0.2, 0) is 4.74 Å². The van der Waals surface area contributed by atoms with E-state index >= 15 is 0 Å². The van der Waals surface area contributed by atoms with E-state index in [1.807, 2.05) is 0 Å². The molecule has 6 heteroatoms. The molecule has 0 aliphatic carbocycles. The van der Waals surface area contributed by atoms with E-state index < -0.39 is 12.8 Å². The fourth-order valence-electron chi connectivity index (χ4n) is 0.789. The molecule has 0 aromatic carbocycles. The molecule has 3 nitrogen and oxygen atoms in total. The average Bonchev–Trinajstić information content (AvgIpc) is 2.09. The molecule has 0 aliphatic heterocycles. The average molecular weight is 210 g/mol. The van der Waals surface area contributed by atoms with E-state index in [1.165, 1.54) is 0 Å². The molecule has 0 rings (SSSR count). The maximum Gasteiger partial charge on any atom is 0.411 e. The lowest BCUT2D eigenvalue weighted by atomic mass is 10.2. The molecule has 1 unspecified atom stereocenters. The van der Waals surface area contributed by atoms with Crippen molar-refractivity contribution < 1.29 is 17.9 Å². The fourth-order valence-corrected chi connectivity index (χ4v) is 0.789. The molecule has 0 heterocycles. The van der Waals surface area contributed by atoms with Gasteiger partial charge in [-0.15, -0.1) is 12.3 Å². The third kappa shape index (κ3) is 7.86. The monoisotopic (exact) mass is 210 g/mol. The molecule has 0 fully saturated rings. The first kappa shape index (κ1) is 13.2. The smallest absolute Gasteiger partial charge is 0.370 e. The minimum atomic E-state index is -4.30. The normalized spacial score (nSPS) is 13.6. The van der Waals surface area contributed by atoms with Gasteiger partial charge in [0.05, 0.1) is 6.61 Å². The zero-order chi connectivity index (χ0) is 11.0. The van der Waals surface area contributed by atoms with E-state index in [9.17, 15) is 13.2 Å². The number of hydrogen-bond donors (Lipinski definition) is 2. The van der Waals surface area contributed by atoms with E-state index in [0.29, 0.717) is 12.8 Å². The molecule has 1 atom stereocenters. The maximum absolute atomic E-state index is 11.7. The number of halogens is 3. The Labute approximate surface area is 80.8 Å². The van der Waals surface area contributed by atoms with Crippen LogP contribution in [0.3, 0.4) is 0 Å². The standard InChI is InChI=1S/C8H13F3N2O/c1-2-3-4-7(13-12)5-14-6-8(9,10)11/h1,7,13H,3-6,12H2. The molecule has 0 aromatic heterocycles. The van der Waals surface area contributed by atoms with E-state index in [4.69, 9.17) is 12.3 Å². The summed E-state index contributed by atoms with van der Waals surface area (Å²) in [5.41, 5.74) is 2.34. The second-order valence-electron chi connectivity index (χ2n) is 2.74. The summed E-state index contributed by atoms with van der Waals surface area (Å²) in [6.07, 6.45) is 1.63. The predicted molar refractivity (Wildman–Crippen MR) is 46.1 cm³/mol. The Bertz CT molecular complexity index is 188. The van der Waals surface area contributed by atoms with Crippen molar-refractivity contribution in [1.82, 2.24) is 5.43 Å². The maximum atomic E-state index is 11.7. The van der Waals surface area contributed by atoms with Crippen molar-refractivity contribution in [1.29, 1.82) is 0 Å². The number of terminal acetylenes is 1. The van der Waals surface area contributed by atoms with Crippen LogP contribution in [-0.4, -0.2) is 25.4 Å². The summed E-state index contributed by atoms with van der Waals surface area (Å²) in [6, 6.07) is -0.339. The second-order valence-corrected chi connectivity index (χ2v) is 2.74. The van der Waals surface area contributed by atoms with Gasteiger partial charge in [-0.1, -0.05) is 0 Å². The largest absolute Gasteiger partial charge is 0.411 e. The van der Waals surface area contributed by atoms with Crippen molar-refractivity contribution in [3.05, 3.63) is 0 Å². The third-order valence-corrected chi connectivity index (χ3v) is 1.46. The molecule has 3 N–H and O–H groups in total. The van der Waals surface area contributed by atoms with Crippen LogP contribution in [0.5, 0.6) is 0 Å². The highest BCUT2D eigenvalue weighted by Crippen LogP contribution is 2.14. The van der Waals surface area contributed by atoms with E-state index in [2.05, 4.69) is 16.1 Å². The van der Waals surface area contributed by atoms with Crippen LogP contribution in [0.15, 0.2) is 0 Å². The van der Waals surface area contributed by atoms with E-state index in [-0.39, 0.29) is 12.6 Å². The first-order valence-corrected chi connectivity index (χ1v) is 4.03. The van der Waals surface area contributed by atoms with Gasteiger partial charge in [0.25, 0.3) is 0 Å². The zero-order valence-corrected chi connectivity index (χ0v) is 7.60. The van der Waals surface area contributed by atoms with Gasteiger partial charge in [-0.2, -0.15) is 13.2 Å². The zero-order valence-electron chi connectivity index (χ0n) is 7.60. The van der Waals surface area contributed by atoms with E-state index in [0.717, 1.165) is 0 Å². The molecule has 0 aliphatic rings. The predicted octanol–water partition coefficient (Wildman–Crippen LogP) is 0.811. The molecule has 0 amide bonds. The van der Waals surface area contributed by atoms with Gasteiger partial charge < -0.3 is 4.74 Å². The van der Waals surface area contributed by atoms with Gasteiger partial charge in [0, 0.05) is 12.5 Å². The van der Waals surface area contributed by atoms with Crippen molar-refractivity contribution in [2.75, 3.05) is 13.2 Å². The van der Waals surface area contributed by atoms with Gasteiger partial charge in [-0.25, -0.2) is 0 Å². The van der Waals surface area contributed by atoms with E-state index in [1.54, 1.807) is 0 Å². The fraction of sp³-hybridized carbons (Fsp3) is 0.750. The Morgan fingerprint density at radius 1 is 1.50 bits per heavy atom. The summed E-state index contributed by atoms with van der Waals surface area (Å²) >= 11 is 0. The number of nitrogens with two attached hydrogens (primary N) is 1. The molecule has 0 spiro atoms. The van der Waals surface area contributed by atoms with Crippen molar-refractivity contribution >= 4 is 0 Å². The van der Waals surface area contributed by atoms with Gasteiger partial charge >= 0.3 is 6.18 Å². The number of alkyl halides is 3. The lowest BCUT2D eigenvalue weighted by Crippen LogP contribution is -2.39. The summed E-state index contributed by atoms with van der Waals surface area (Å²) in [5, 5.41) is 0. The number of ether oxygens (including phenoxy) is 1. The number of hydrogen-bond acceptors (Lipinski definition) is 3. The summed E-state index contributed by atoms with van der Waals surface area (Å²) in [6.45, 7) is -1.36. The third-order valence-electron chi connectivity index (χ3n) is 1.46. The minimum Gasteiger partial charge on any atom is -0.370 e. The van der Waals surface area contributed by atoms with Crippen molar-refractivity contribution in [3.8, 4) is 12.3 Å². The topological polar surface area (TPSA) is 47.3 Å². The molecule has 14 heavy (non-hydrogen) atoms. The quantitative estimate of drug-likeness (QED) is 0.387. The number of hydrazine groups is 1. The van der Waals surface area contributed by atoms with Crippen LogP contribution >= 0.6 is 0 Å². The SMILES string of the molecule is C#CCCC(COCC(F)(F)F)NN. The van der Waals surface area contributed by atoms with Crippen molar-refractivity contribution in [2.45, 2.75) is 25.1 Å². The molecular weight excluding hydrogens is 197 g/mol. The molecule has 0 aromatic rings. The van der Waals surface area contributed by atoms with Crippen LogP contribution in [0.25, 0.3) is 0 Å². The first-order chi connectivity index (χ1) is 6.49. The molecule has 0 saturated heterocycles. The van der Waals surface area contributed by atoms with Gasteiger partial charge in [0.15, 0.2) is 0 Å². The summed E-state index contributed by atoms with van der Waals surface area (Å²) in [7, 11) is 0. The molecule has 0 bridgehead atoms. The summed E-state index contributed by atoms with van der Waals surface area (Å²) in [4.78, 5) is 0. The van der Waals surface area contributed by atoms with Crippen molar-refractivity contribution in [3.63, 3.8) is 0 Å². The van der Waals surface area contributed by atoms with Gasteiger partial charge in [-0.3, -0.25) is 11.3 Å². The molecule has 0 radical (unpaired) electrons. The van der Waals surface area contributed by atoms with Crippen LogP contribution in [0, 0.1) is 12.3 Å². The highest BCUT2D eigenvalue weighted by molar-refractivity contribution is 4.85. The Morgan fingerprint density at radius 3 is 2.57 bits per heavy atom. The first-order valence-electron chi connectivity index (χ1n) is 4.03. The molecule has 0 saturated carbocycles. The summed E-state index contributed by atoms with van der Waals surface area (Å²) < 4.78 is 39.4. The van der Waals surface area contributed by atoms with Crippen molar-refractivity contribution in [2.24, 2.45) is 5.84 Å². The van der Waals surface area contributed by atoms with Crippen LogP contribution in [0.4, 0.5) is 13.2 Å². The van der Waals surface area contributed by atoms with Gasteiger partial charge in [0.2, 0.25) is 0 Å². The van der Waals surface area contributed by atoms with Crippen LogP contribution < -0.4 is 11.3 Å². The number of nitrogens with one attached hydrogen (secondary N) is 1.